The molecule has 110 valence electrons. The van der Waals surface area contributed by atoms with Crippen molar-refractivity contribution in [2.45, 2.75) is 13.1 Å². The zero-order chi connectivity index (χ0) is 15.6. The lowest BCUT2D eigenvalue weighted by Crippen LogP contribution is -2.14. The number of hydrogen-bond acceptors (Lipinski definition) is 1. The van der Waals surface area contributed by atoms with Crippen molar-refractivity contribution >= 4 is 11.6 Å². The van der Waals surface area contributed by atoms with Crippen LogP contribution in [0.15, 0.2) is 42.5 Å². The summed E-state index contributed by atoms with van der Waals surface area (Å²) in [6, 6.07) is 8.17. The molecule has 0 aliphatic carbocycles. The van der Waals surface area contributed by atoms with Crippen LogP contribution in [0.25, 0.3) is 0 Å². The summed E-state index contributed by atoms with van der Waals surface area (Å²) in [5.74, 6) is -1.52. The second-order valence-electron chi connectivity index (χ2n) is 4.52. The normalized spacial score (nSPS) is 11.3. The zero-order valence-corrected chi connectivity index (χ0v) is 11.0. The number of alkyl halides is 3. The Hall–Kier alpha value is -2.37. The molecule has 0 aliphatic rings. The van der Waals surface area contributed by atoms with Crippen molar-refractivity contribution in [2.24, 2.45) is 0 Å². The van der Waals surface area contributed by atoms with Crippen molar-refractivity contribution < 1.29 is 22.4 Å². The molecule has 0 fully saturated rings. The van der Waals surface area contributed by atoms with Crippen LogP contribution >= 0.6 is 0 Å². The number of carbonyl (C=O) groups excluding carboxylic acids is 1. The first-order valence-electron chi connectivity index (χ1n) is 6.02. The summed E-state index contributed by atoms with van der Waals surface area (Å²) in [4.78, 5) is 11.9. The second-order valence-corrected chi connectivity index (χ2v) is 4.52. The van der Waals surface area contributed by atoms with E-state index in [-0.39, 0.29) is 11.3 Å². The van der Waals surface area contributed by atoms with Gasteiger partial charge in [-0.25, -0.2) is 4.39 Å². The van der Waals surface area contributed by atoms with Gasteiger partial charge in [0.15, 0.2) is 0 Å². The summed E-state index contributed by atoms with van der Waals surface area (Å²) in [7, 11) is 0. The van der Waals surface area contributed by atoms with Gasteiger partial charge in [0.2, 0.25) is 0 Å². The lowest BCUT2D eigenvalue weighted by Gasteiger charge is -2.10. The van der Waals surface area contributed by atoms with Gasteiger partial charge in [0.05, 0.1) is 11.1 Å². The van der Waals surface area contributed by atoms with Gasteiger partial charge in [0.25, 0.3) is 5.91 Å². The Morgan fingerprint density at radius 3 is 2.43 bits per heavy atom. The van der Waals surface area contributed by atoms with E-state index in [1.165, 1.54) is 24.3 Å². The van der Waals surface area contributed by atoms with Gasteiger partial charge in [0, 0.05) is 5.69 Å². The predicted molar refractivity (Wildman–Crippen MR) is 70.5 cm³/mol. The van der Waals surface area contributed by atoms with E-state index in [0.29, 0.717) is 5.56 Å². The first kappa shape index (κ1) is 15.0. The highest BCUT2D eigenvalue weighted by Crippen LogP contribution is 2.30. The van der Waals surface area contributed by atoms with E-state index in [1.807, 2.05) is 0 Å². The fourth-order valence-electron chi connectivity index (χ4n) is 1.78. The van der Waals surface area contributed by atoms with Gasteiger partial charge in [0.1, 0.15) is 5.82 Å². The van der Waals surface area contributed by atoms with Gasteiger partial charge in [-0.1, -0.05) is 12.1 Å². The first-order chi connectivity index (χ1) is 9.77. The average molecular weight is 297 g/mol. The number of halogens is 4. The first-order valence-corrected chi connectivity index (χ1v) is 6.02. The smallest absolute Gasteiger partial charge is 0.322 e. The number of nitrogens with one attached hydrogen (secondary N) is 1. The van der Waals surface area contributed by atoms with E-state index in [0.717, 1.165) is 12.1 Å². The fourth-order valence-corrected chi connectivity index (χ4v) is 1.78. The maximum absolute atomic E-state index is 13.6. The van der Waals surface area contributed by atoms with E-state index in [9.17, 15) is 22.4 Å². The zero-order valence-electron chi connectivity index (χ0n) is 11.0. The monoisotopic (exact) mass is 297 g/mol. The average Bonchev–Trinajstić information content (AvgIpc) is 2.37. The van der Waals surface area contributed by atoms with Crippen LogP contribution in [0, 0.1) is 12.7 Å². The van der Waals surface area contributed by atoms with Crippen molar-refractivity contribution in [1.29, 1.82) is 0 Å². The topological polar surface area (TPSA) is 29.1 Å². The number of carbonyl (C=O) groups is 1. The Morgan fingerprint density at radius 1 is 1.10 bits per heavy atom. The molecule has 0 radical (unpaired) electrons. The lowest BCUT2D eigenvalue weighted by atomic mass is 10.1. The largest absolute Gasteiger partial charge is 0.416 e. The summed E-state index contributed by atoms with van der Waals surface area (Å²) < 4.78 is 51.3. The summed E-state index contributed by atoms with van der Waals surface area (Å²) in [6.07, 6.45) is -4.50. The van der Waals surface area contributed by atoms with E-state index < -0.39 is 23.5 Å². The van der Waals surface area contributed by atoms with Gasteiger partial charge in [-0.2, -0.15) is 13.2 Å². The van der Waals surface area contributed by atoms with Gasteiger partial charge in [-0.05, 0) is 42.8 Å². The minimum atomic E-state index is -4.50. The molecule has 2 rings (SSSR count). The van der Waals surface area contributed by atoms with Crippen molar-refractivity contribution in [3.8, 4) is 0 Å². The molecule has 2 aromatic rings. The van der Waals surface area contributed by atoms with Crippen LogP contribution in [0.1, 0.15) is 21.5 Å². The number of hydrogen-bond donors (Lipinski definition) is 1. The molecule has 0 aliphatic heterocycles. The van der Waals surface area contributed by atoms with Crippen LogP contribution in [-0.4, -0.2) is 5.91 Å². The van der Waals surface area contributed by atoms with E-state index in [4.69, 9.17) is 0 Å². The van der Waals surface area contributed by atoms with Gasteiger partial charge in [-0.15, -0.1) is 0 Å². The third kappa shape index (κ3) is 3.59. The SMILES string of the molecule is Cc1ccc(C(=O)Nc2cccc(C(F)(F)F)c2)c(F)c1. The van der Waals surface area contributed by atoms with Gasteiger partial charge < -0.3 is 5.32 Å². The number of rotatable bonds is 2. The third-order valence-corrected chi connectivity index (χ3v) is 2.82. The van der Waals surface area contributed by atoms with E-state index in [2.05, 4.69) is 5.32 Å². The minimum Gasteiger partial charge on any atom is -0.322 e. The predicted octanol–water partition coefficient (Wildman–Crippen LogP) is 4.41. The standard InChI is InChI=1S/C15H11F4NO/c1-9-5-6-12(13(16)7-9)14(21)20-11-4-2-3-10(8-11)15(17,18)19/h2-8H,1H3,(H,20,21). The number of benzene rings is 2. The second kappa shape index (κ2) is 5.55. The molecule has 21 heavy (non-hydrogen) atoms. The van der Waals surface area contributed by atoms with E-state index in [1.54, 1.807) is 13.0 Å². The molecular weight excluding hydrogens is 286 g/mol. The highest BCUT2D eigenvalue weighted by molar-refractivity contribution is 6.04. The van der Waals surface area contributed by atoms with Crippen molar-refractivity contribution in [3.63, 3.8) is 0 Å². The summed E-state index contributed by atoms with van der Waals surface area (Å²) in [5, 5.41) is 2.25. The molecule has 0 bridgehead atoms. The van der Waals surface area contributed by atoms with Gasteiger partial charge in [-0.3, -0.25) is 4.79 Å². The summed E-state index contributed by atoms with van der Waals surface area (Å²) >= 11 is 0. The maximum atomic E-state index is 13.6. The molecule has 1 N–H and O–H groups in total. The molecule has 0 spiro atoms. The molecule has 0 atom stereocenters. The molecule has 0 unspecified atom stereocenters. The van der Waals surface area contributed by atoms with Crippen molar-refractivity contribution in [1.82, 2.24) is 0 Å². The summed E-state index contributed by atoms with van der Waals surface area (Å²) in [6.45, 7) is 1.66. The Kier molecular flexibility index (Phi) is 3.97. The number of anilines is 1. The van der Waals surface area contributed by atoms with E-state index >= 15 is 0 Å². The third-order valence-electron chi connectivity index (χ3n) is 2.82. The quantitative estimate of drug-likeness (QED) is 0.818. The highest BCUT2D eigenvalue weighted by atomic mass is 19.4. The van der Waals surface area contributed by atoms with Crippen LogP contribution < -0.4 is 5.32 Å². The molecule has 6 heteroatoms. The molecule has 2 aromatic carbocycles. The Bertz CT molecular complexity index is 680. The van der Waals surface area contributed by atoms with Crippen LogP contribution in [-0.2, 0) is 6.18 Å². The Balaban J connectivity index is 2.24. The number of aryl methyl sites for hydroxylation is 1. The minimum absolute atomic E-state index is 0.0465. The lowest BCUT2D eigenvalue weighted by molar-refractivity contribution is -0.137. The Labute approximate surface area is 118 Å². The van der Waals surface area contributed by atoms with Gasteiger partial charge >= 0.3 is 6.18 Å². The molecule has 1 amide bonds. The van der Waals surface area contributed by atoms with Crippen LogP contribution in [0.2, 0.25) is 0 Å². The molecule has 0 heterocycles. The Morgan fingerprint density at radius 2 is 1.81 bits per heavy atom. The number of amides is 1. The molecule has 0 saturated heterocycles. The fraction of sp³-hybridized carbons (Fsp3) is 0.133. The van der Waals surface area contributed by atoms with Crippen LogP contribution in [0.5, 0.6) is 0 Å². The van der Waals surface area contributed by atoms with Crippen molar-refractivity contribution in [3.05, 3.63) is 65.0 Å². The maximum Gasteiger partial charge on any atom is 0.416 e. The molecule has 2 nitrogen and oxygen atoms in total. The van der Waals surface area contributed by atoms with Crippen LogP contribution in [0.4, 0.5) is 23.2 Å². The summed E-state index contributed by atoms with van der Waals surface area (Å²) in [5.41, 5.74) is -0.513. The van der Waals surface area contributed by atoms with Crippen LogP contribution in [0.3, 0.4) is 0 Å². The molecule has 0 aromatic heterocycles. The molecule has 0 saturated carbocycles. The van der Waals surface area contributed by atoms with Crippen molar-refractivity contribution in [2.75, 3.05) is 5.32 Å². The highest BCUT2D eigenvalue weighted by Gasteiger charge is 2.30. The molecular formula is C15H11F4NO.